The quantitative estimate of drug-likeness (QED) is 0.885. The van der Waals surface area contributed by atoms with Gasteiger partial charge in [0.05, 0.1) is 0 Å². The van der Waals surface area contributed by atoms with E-state index in [2.05, 4.69) is 42.1 Å². The standard InChI is InChI=1S/C15H23N3/c1-9(2)15-16-10(3)6-14(18-15)17-13-8-11-4-5-12(13)7-11/h6,9,11-13H,4-5,7-8H2,1-3H3,(H,16,17,18). The van der Waals surface area contributed by atoms with Crippen LogP contribution < -0.4 is 5.32 Å². The number of anilines is 1. The number of nitrogens with zero attached hydrogens (tertiary/aromatic N) is 2. The molecule has 3 unspecified atom stereocenters. The van der Waals surface area contributed by atoms with Crippen molar-refractivity contribution in [2.75, 3.05) is 5.32 Å². The van der Waals surface area contributed by atoms with Crippen molar-refractivity contribution in [2.24, 2.45) is 11.8 Å². The lowest BCUT2D eigenvalue weighted by molar-refractivity contribution is 0.438. The van der Waals surface area contributed by atoms with Gasteiger partial charge in [-0.05, 0) is 38.0 Å². The topological polar surface area (TPSA) is 37.8 Å². The normalized spacial score (nSPS) is 30.1. The highest BCUT2D eigenvalue weighted by molar-refractivity contribution is 5.38. The number of hydrogen-bond acceptors (Lipinski definition) is 3. The van der Waals surface area contributed by atoms with Crippen molar-refractivity contribution in [3.05, 3.63) is 17.6 Å². The molecule has 2 saturated carbocycles. The Labute approximate surface area is 109 Å². The number of fused-ring (bicyclic) bond motifs is 2. The minimum absolute atomic E-state index is 0.394. The molecular formula is C15H23N3. The fourth-order valence-electron chi connectivity index (χ4n) is 3.54. The number of hydrogen-bond donors (Lipinski definition) is 1. The summed E-state index contributed by atoms with van der Waals surface area (Å²) in [4.78, 5) is 9.16. The molecule has 3 heteroatoms. The highest BCUT2D eigenvalue weighted by Crippen LogP contribution is 2.45. The second-order valence-electron chi connectivity index (χ2n) is 6.33. The fourth-order valence-corrected chi connectivity index (χ4v) is 3.54. The van der Waals surface area contributed by atoms with Crippen LogP contribution in [0.3, 0.4) is 0 Å². The molecular weight excluding hydrogens is 222 g/mol. The lowest BCUT2D eigenvalue weighted by Crippen LogP contribution is -2.26. The molecule has 2 bridgehead atoms. The van der Waals surface area contributed by atoms with Gasteiger partial charge in [0.1, 0.15) is 11.6 Å². The minimum Gasteiger partial charge on any atom is -0.367 e. The molecule has 3 nitrogen and oxygen atoms in total. The van der Waals surface area contributed by atoms with Crippen molar-refractivity contribution in [1.29, 1.82) is 0 Å². The van der Waals surface area contributed by atoms with Crippen molar-refractivity contribution in [1.82, 2.24) is 9.97 Å². The van der Waals surface area contributed by atoms with Gasteiger partial charge in [0.15, 0.2) is 0 Å². The molecule has 3 atom stereocenters. The molecule has 0 aromatic carbocycles. The SMILES string of the molecule is Cc1cc(NC2CC3CCC2C3)nc(C(C)C)n1. The number of aryl methyl sites for hydroxylation is 1. The van der Waals surface area contributed by atoms with Crippen molar-refractivity contribution >= 4 is 5.82 Å². The highest BCUT2D eigenvalue weighted by atomic mass is 15.1. The third kappa shape index (κ3) is 2.23. The van der Waals surface area contributed by atoms with Gasteiger partial charge in [0, 0.05) is 23.7 Å². The van der Waals surface area contributed by atoms with E-state index in [1.54, 1.807) is 0 Å². The molecule has 2 aliphatic rings. The van der Waals surface area contributed by atoms with Gasteiger partial charge >= 0.3 is 0 Å². The van der Waals surface area contributed by atoms with Gasteiger partial charge in [-0.25, -0.2) is 9.97 Å². The Bertz CT molecular complexity index is 441. The van der Waals surface area contributed by atoms with E-state index < -0.39 is 0 Å². The molecule has 1 aromatic rings. The average Bonchev–Trinajstić information content (AvgIpc) is 2.90. The Balaban J connectivity index is 1.76. The Morgan fingerprint density at radius 2 is 2.06 bits per heavy atom. The minimum atomic E-state index is 0.394. The zero-order valence-electron chi connectivity index (χ0n) is 11.6. The van der Waals surface area contributed by atoms with Crippen molar-refractivity contribution < 1.29 is 0 Å². The average molecular weight is 245 g/mol. The molecule has 18 heavy (non-hydrogen) atoms. The van der Waals surface area contributed by atoms with Gasteiger partial charge in [0.25, 0.3) is 0 Å². The van der Waals surface area contributed by atoms with E-state index >= 15 is 0 Å². The summed E-state index contributed by atoms with van der Waals surface area (Å²) in [5.74, 6) is 4.24. The number of aromatic nitrogens is 2. The second-order valence-corrected chi connectivity index (χ2v) is 6.33. The summed E-state index contributed by atoms with van der Waals surface area (Å²) < 4.78 is 0. The Morgan fingerprint density at radius 1 is 1.22 bits per heavy atom. The lowest BCUT2D eigenvalue weighted by Gasteiger charge is -2.23. The molecule has 1 aromatic heterocycles. The van der Waals surface area contributed by atoms with E-state index in [9.17, 15) is 0 Å². The highest BCUT2D eigenvalue weighted by Gasteiger charge is 2.39. The first-order chi connectivity index (χ1) is 8.61. The fraction of sp³-hybridized carbons (Fsp3) is 0.733. The summed E-state index contributed by atoms with van der Waals surface area (Å²) in [7, 11) is 0. The summed E-state index contributed by atoms with van der Waals surface area (Å²) >= 11 is 0. The molecule has 0 spiro atoms. The summed E-state index contributed by atoms with van der Waals surface area (Å²) in [6, 6.07) is 2.73. The van der Waals surface area contributed by atoms with Gasteiger partial charge in [-0.2, -0.15) is 0 Å². The van der Waals surface area contributed by atoms with E-state index in [0.29, 0.717) is 12.0 Å². The molecule has 0 saturated heterocycles. The van der Waals surface area contributed by atoms with Crippen LogP contribution >= 0.6 is 0 Å². The smallest absolute Gasteiger partial charge is 0.133 e. The Kier molecular flexibility index (Phi) is 3.00. The zero-order valence-corrected chi connectivity index (χ0v) is 11.6. The first-order valence-corrected chi connectivity index (χ1v) is 7.24. The van der Waals surface area contributed by atoms with Crippen LogP contribution in [0, 0.1) is 18.8 Å². The van der Waals surface area contributed by atoms with Crippen molar-refractivity contribution in [3.8, 4) is 0 Å². The monoisotopic (exact) mass is 245 g/mol. The second kappa shape index (κ2) is 4.52. The van der Waals surface area contributed by atoms with Crippen LogP contribution in [0.4, 0.5) is 5.82 Å². The number of nitrogens with one attached hydrogen (secondary N) is 1. The molecule has 1 N–H and O–H groups in total. The van der Waals surface area contributed by atoms with Gasteiger partial charge in [-0.15, -0.1) is 0 Å². The van der Waals surface area contributed by atoms with E-state index in [0.717, 1.165) is 29.2 Å². The molecule has 0 radical (unpaired) electrons. The predicted octanol–water partition coefficient (Wildman–Crippen LogP) is 3.51. The van der Waals surface area contributed by atoms with Crippen molar-refractivity contribution in [2.45, 2.75) is 58.4 Å². The van der Waals surface area contributed by atoms with E-state index in [1.807, 2.05) is 0 Å². The molecule has 98 valence electrons. The third-order valence-electron chi connectivity index (χ3n) is 4.46. The lowest BCUT2D eigenvalue weighted by atomic mass is 9.95. The third-order valence-corrected chi connectivity index (χ3v) is 4.46. The summed E-state index contributed by atoms with van der Waals surface area (Å²) in [5, 5.41) is 3.66. The van der Waals surface area contributed by atoms with Crippen LogP contribution in [0.15, 0.2) is 6.07 Å². The molecule has 3 rings (SSSR count). The predicted molar refractivity (Wildman–Crippen MR) is 73.7 cm³/mol. The maximum absolute atomic E-state index is 4.66. The van der Waals surface area contributed by atoms with E-state index in [4.69, 9.17) is 0 Å². The van der Waals surface area contributed by atoms with E-state index in [1.165, 1.54) is 25.7 Å². The van der Waals surface area contributed by atoms with E-state index in [-0.39, 0.29) is 0 Å². The van der Waals surface area contributed by atoms with Crippen LogP contribution in [-0.2, 0) is 0 Å². The molecule has 1 heterocycles. The van der Waals surface area contributed by atoms with Crippen LogP contribution in [0.5, 0.6) is 0 Å². The molecule has 0 aliphatic heterocycles. The maximum atomic E-state index is 4.66. The Morgan fingerprint density at radius 3 is 2.67 bits per heavy atom. The zero-order chi connectivity index (χ0) is 12.7. The molecule has 0 amide bonds. The Hall–Kier alpha value is -1.12. The van der Waals surface area contributed by atoms with Crippen LogP contribution in [0.1, 0.15) is 57.0 Å². The van der Waals surface area contributed by atoms with Crippen LogP contribution in [0.25, 0.3) is 0 Å². The van der Waals surface area contributed by atoms with Gasteiger partial charge < -0.3 is 5.32 Å². The summed E-state index contributed by atoms with van der Waals surface area (Å²) in [5.41, 5.74) is 1.07. The van der Waals surface area contributed by atoms with Gasteiger partial charge in [-0.3, -0.25) is 0 Å². The summed E-state index contributed by atoms with van der Waals surface area (Å²) in [6.07, 6.45) is 5.62. The van der Waals surface area contributed by atoms with Crippen LogP contribution in [0.2, 0.25) is 0 Å². The first kappa shape index (κ1) is 11.9. The van der Waals surface area contributed by atoms with Gasteiger partial charge in [0.2, 0.25) is 0 Å². The van der Waals surface area contributed by atoms with Crippen LogP contribution in [-0.4, -0.2) is 16.0 Å². The largest absolute Gasteiger partial charge is 0.367 e. The molecule has 2 fully saturated rings. The maximum Gasteiger partial charge on any atom is 0.133 e. The first-order valence-electron chi connectivity index (χ1n) is 7.24. The number of rotatable bonds is 3. The van der Waals surface area contributed by atoms with Gasteiger partial charge in [-0.1, -0.05) is 20.3 Å². The molecule has 2 aliphatic carbocycles. The van der Waals surface area contributed by atoms with Crippen molar-refractivity contribution in [3.63, 3.8) is 0 Å². The summed E-state index contributed by atoms with van der Waals surface area (Å²) in [6.45, 7) is 6.35.